The van der Waals surface area contributed by atoms with Crippen molar-refractivity contribution in [1.82, 2.24) is 4.90 Å². The molecule has 0 spiro atoms. The highest BCUT2D eigenvalue weighted by atomic mass is 16.5. The third-order valence-corrected chi connectivity index (χ3v) is 4.76. The first-order valence-electron chi connectivity index (χ1n) is 8.07. The topological polar surface area (TPSA) is 53.3 Å². The number of esters is 1. The molecule has 2 saturated heterocycles. The molecule has 1 aromatic rings. The third-order valence-electron chi connectivity index (χ3n) is 4.76. The van der Waals surface area contributed by atoms with E-state index in [0.717, 1.165) is 32.3 Å². The Kier molecular flexibility index (Phi) is 4.49. The molecule has 0 aliphatic carbocycles. The van der Waals surface area contributed by atoms with Crippen molar-refractivity contribution in [2.45, 2.75) is 32.0 Å². The number of likely N-dealkylation sites (tertiary alicyclic amines) is 1. The molecule has 0 amide bonds. The van der Waals surface area contributed by atoms with Crippen molar-refractivity contribution in [3.63, 3.8) is 0 Å². The molecule has 0 radical (unpaired) electrons. The molecule has 114 valence electrons. The zero-order valence-electron chi connectivity index (χ0n) is 13.0. The number of rotatable bonds is 5. The van der Waals surface area contributed by atoms with Crippen molar-refractivity contribution in [1.29, 1.82) is 5.26 Å². The SMILES string of the molecule is CCOC(=O)C1CN(Cc2ccc(C3CB(C#N)C3)cc2)C1. The van der Waals surface area contributed by atoms with E-state index in [0.29, 0.717) is 12.5 Å². The van der Waals surface area contributed by atoms with Crippen molar-refractivity contribution in [2.24, 2.45) is 5.92 Å². The number of hydrogen-bond acceptors (Lipinski definition) is 4. The Hall–Kier alpha value is -1.80. The minimum Gasteiger partial charge on any atom is -0.466 e. The average molecular weight is 296 g/mol. The number of carbonyl (C=O) groups excluding carboxylic acids is 1. The number of hydrogen-bond donors (Lipinski definition) is 0. The Balaban J connectivity index is 1.45. The van der Waals surface area contributed by atoms with E-state index in [1.807, 2.05) is 6.92 Å². The van der Waals surface area contributed by atoms with Gasteiger partial charge in [0.2, 0.25) is 0 Å². The first-order chi connectivity index (χ1) is 10.7. The van der Waals surface area contributed by atoms with Crippen LogP contribution in [-0.2, 0) is 16.1 Å². The molecule has 5 heteroatoms. The van der Waals surface area contributed by atoms with Crippen LogP contribution in [0.25, 0.3) is 0 Å². The minimum absolute atomic E-state index is 0.0529. The van der Waals surface area contributed by atoms with Crippen LogP contribution in [0.1, 0.15) is 24.0 Å². The lowest BCUT2D eigenvalue weighted by molar-refractivity contribution is -0.154. The summed E-state index contributed by atoms with van der Waals surface area (Å²) in [5.74, 6) is 2.89. The number of nitrogens with zero attached hydrogens (tertiary/aromatic N) is 2. The summed E-state index contributed by atoms with van der Waals surface area (Å²) >= 11 is 0. The van der Waals surface area contributed by atoms with Gasteiger partial charge in [0.05, 0.1) is 12.5 Å². The molecule has 0 bridgehead atoms. The summed E-state index contributed by atoms with van der Waals surface area (Å²) in [6.07, 6.45) is 2.01. The van der Waals surface area contributed by atoms with Gasteiger partial charge < -0.3 is 4.74 Å². The van der Waals surface area contributed by atoms with Crippen LogP contribution in [0.5, 0.6) is 0 Å². The molecular weight excluding hydrogens is 275 g/mol. The second-order valence-electron chi connectivity index (χ2n) is 6.38. The number of carbonyl (C=O) groups is 1. The summed E-state index contributed by atoms with van der Waals surface area (Å²) in [4.78, 5) is 13.8. The molecule has 0 aromatic heterocycles. The zero-order chi connectivity index (χ0) is 15.5. The second kappa shape index (κ2) is 6.54. The van der Waals surface area contributed by atoms with E-state index in [1.165, 1.54) is 11.1 Å². The fraction of sp³-hybridized carbons (Fsp3) is 0.529. The van der Waals surface area contributed by atoms with Gasteiger partial charge in [-0.1, -0.05) is 36.9 Å². The smallest absolute Gasteiger partial charge is 0.311 e. The lowest BCUT2D eigenvalue weighted by Crippen LogP contribution is -2.50. The fourth-order valence-corrected chi connectivity index (χ4v) is 3.26. The van der Waals surface area contributed by atoms with Gasteiger partial charge in [0, 0.05) is 25.6 Å². The van der Waals surface area contributed by atoms with Gasteiger partial charge >= 0.3 is 5.97 Å². The molecule has 1 aromatic carbocycles. The Morgan fingerprint density at radius 3 is 2.64 bits per heavy atom. The van der Waals surface area contributed by atoms with Crippen LogP contribution in [0.2, 0.25) is 12.6 Å². The molecule has 0 saturated carbocycles. The van der Waals surface area contributed by atoms with E-state index in [9.17, 15) is 4.79 Å². The molecule has 0 N–H and O–H groups in total. The van der Waals surface area contributed by atoms with Gasteiger partial charge in [-0.25, -0.2) is 5.26 Å². The highest BCUT2D eigenvalue weighted by Crippen LogP contribution is 2.37. The van der Waals surface area contributed by atoms with Crippen molar-refractivity contribution < 1.29 is 9.53 Å². The highest BCUT2D eigenvalue weighted by molar-refractivity contribution is 6.70. The van der Waals surface area contributed by atoms with Gasteiger partial charge in [-0.15, -0.1) is 0 Å². The molecule has 2 aliphatic heterocycles. The number of nitriles is 1. The summed E-state index contributed by atoms with van der Waals surface area (Å²) in [7, 11) is 0. The van der Waals surface area contributed by atoms with E-state index >= 15 is 0 Å². The van der Waals surface area contributed by atoms with Crippen LogP contribution in [0, 0.1) is 17.1 Å². The molecular formula is C17H21BN2O2. The zero-order valence-corrected chi connectivity index (χ0v) is 13.0. The molecule has 3 rings (SSSR count). The molecule has 4 nitrogen and oxygen atoms in total. The Morgan fingerprint density at radius 2 is 2.05 bits per heavy atom. The van der Waals surface area contributed by atoms with Crippen molar-refractivity contribution in [3.8, 4) is 5.97 Å². The van der Waals surface area contributed by atoms with E-state index in [-0.39, 0.29) is 18.6 Å². The maximum Gasteiger partial charge on any atom is 0.311 e. The summed E-state index contributed by atoms with van der Waals surface area (Å²) in [6, 6.07) is 8.73. The largest absolute Gasteiger partial charge is 0.466 e. The lowest BCUT2D eigenvalue weighted by Gasteiger charge is -2.37. The van der Waals surface area contributed by atoms with Gasteiger partial charge in [0.15, 0.2) is 0 Å². The maximum absolute atomic E-state index is 11.6. The van der Waals surface area contributed by atoms with Crippen LogP contribution in [0.15, 0.2) is 24.3 Å². The average Bonchev–Trinajstić information content (AvgIpc) is 2.43. The molecule has 2 heterocycles. The first-order valence-corrected chi connectivity index (χ1v) is 8.07. The quantitative estimate of drug-likeness (QED) is 0.618. The number of benzene rings is 1. The standard InChI is InChI=1S/C17H21BN2O2/c1-2-22-17(21)16-10-20(11-16)9-13-3-5-14(6-4-13)15-7-18(8-15)12-19/h3-6,15-16H,2,7-11H2,1H3. The van der Waals surface area contributed by atoms with Gasteiger partial charge in [-0.05, 0) is 24.0 Å². The van der Waals surface area contributed by atoms with E-state index < -0.39 is 0 Å². The Morgan fingerprint density at radius 1 is 1.36 bits per heavy atom. The lowest BCUT2D eigenvalue weighted by atomic mass is 9.32. The molecule has 2 aliphatic rings. The molecule has 0 unspecified atom stereocenters. The predicted octanol–water partition coefficient (Wildman–Crippen LogP) is 2.34. The predicted molar refractivity (Wildman–Crippen MR) is 85.6 cm³/mol. The summed E-state index contributed by atoms with van der Waals surface area (Å²) in [5.41, 5.74) is 2.63. The van der Waals surface area contributed by atoms with Crippen LogP contribution >= 0.6 is 0 Å². The van der Waals surface area contributed by atoms with E-state index in [4.69, 9.17) is 10.00 Å². The summed E-state index contributed by atoms with van der Waals surface area (Å²) < 4.78 is 5.03. The first kappa shape index (κ1) is 15.1. The third kappa shape index (κ3) is 3.17. The van der Waals surface area contributed by atoms with Gasteiger partial charge in [-0.3, -0.25) is 9.69 Å². The molecule has 22 heavy (non-hydrogen) atoms. The highest BCUT2D eigenvalue weighted by Gasteiger charge is 2.35. The Labute approximate surface area is 132 Å². The number of ether oxygens (including phenoxy) is 1. The summed E-state index contributed by atoms with van der Waals surface area (Å²) in [6.45, 7) is 5.05. The van der Waals surface area contributed by atoms with Crippen molar-refractivity contribution in [3.05, 3.63) is 35.4 Å². The van der Waals surface area contributed by atoms with Crippen LogP contribution < -0.4 is 0 Å². The maximum atomic E-state index is 11.6. The van der Waals surface area contributed by atoms with Crippen molar-refractivity contribution in [2.75, 3.05) is 19.7 Å². The van der Waals surface area contributed by atoms with E-state index in [2.05, 4.69) is 35.1 Å². The monoisotopic (exact) mass is 296 g/mol. The normalized spacial score (nSPS) is 19.2. The molecule has 0 atom stereocenters. The van der Waals surface area contributed by atoms with Gasteiger partial charge in [-0.2, -0.15) is 0 Å². The summed E-state index contributed by atoms with van der Waals surface area (Å²) in [5, 5.41) is 8.83. The van der Waals surface area contributed by atoms with Crippen LogP contribution in [0.3, 0.4) is 0 Å². The molecule has 2 fully saturated rings. The Bertz CT molecular complexity index is 569. The minimum atomic E-state index is -0.0638. The van der Waals surface area contributed by atoms with Gasteiger partial charge in [0.25, 0.3) is 6.71 Å². The van der Waals surface area contributed by atoms with E-state index in [1.54, 1.807) is 0 Å². The fourth-order valence-electron chi connectivity index (χ4n) is 3.26. The second-order valence-corrected chi connectivity index (χ2v) is 6.38. The van der Waals surface area contributed by atoms with Crippen LogP contribution in [0.4, 0.5) is 0 Å². The van der Waals surface area contributed by atoms with Gasteiger partial charge in [0.1, 0.15) is 0 Å². The van der Waals surface area contributed by atoms with Crippen LogP contribution in [-0.4, -0.2) is 37.3 Å². The van der Waals surface area contributed by atoms with Crippen molar-refractivity contribution >= 4 is 12.7 Å².